The van der Waals surface area contributed by atoms with E-state index >= 15 is 0 Å². The summed E-state index contributed by atoms with van der Waals surface area (Å²) in [5, 5.41) is 13.0. The first-order valence-electron chi connectivity index (χ1n) is 9.97. The Morgan fingerprint density at radius 3 is 2.70 bits per heavy atom. The van der Waals surface area contributed by atoms with Crippen LogP contribution in [0.5, 0.6) is 11.5 Å². The highest BCUT2D eigenvalue weighted by Crippen LogP contribution is 2.42. The van der Waals surface area contributed by atoms with Gasteiger partial charge in [-0.05, 0) is 42.5 Å². The number of likely N-dealkylation sites (tertiary alicyclic amines) is 1. The summed E-state index contributed by atoms with van der Waals surface area (Å²) in [7, 11) is 0. The quantitative estimate of drug-likeness (QED) is 0.459. The van der Waals surface area contributed by atoms with E-state index in [2.05, 4.69) is 0 Å². The number of carbonyl (C=O) groups is 2. The number of rotatable bonds is 4. The molecule has 0 spiro atoms. The number of ether oxygens (including phenoxy) is 3. The van der Waals surface area contributed by atoms with Crippen molar-refractivity contribution in [2.24, 2.45) is 0 Å². The van der Waals surface area contributed by atoms with Crippen LogP contribution >= 0.6 is 11.3 Å². The largest absolute Gasteiger partial charge is 0.507 e. The van der Waals surface area contributed by atoms with Crippen molar-refractivity contribution in [2.75, 3.05) is 26.4 Å². The fourth-order valence-corrected chi connectivity index (χ4v) is 5.01. The summed E-state index contributed by atoms with van der Waals surface area (Å²) in [5.74, 6) is -0.404. The third kappa shape index (κ3) is 3.26. The number of benzene rings is 1. The van der Waals surface area contributed by atoms with Gasteiger partial charge in [0, 0.05) is 23.6 Å². The van der Waals surface area contributed by atoms with E-state index in [0.29, 0.717) is 43.4 Å². The lowest BCUT2D eigenvalue weighted by molar-refractivity contribution is -0.140. The van der Waals surface area contributed by atoms with Gasteiger partial charge in [-0.25, -0.2) is 0 Å². The van der Waals surface area contributed by atoms with Crippen LogP contribution in [-0.2, 0) is 14.3 Å². The molecule has 3 aliphatic heterocycles. The molecule has 1 aromatic carbocycles. The molecule has 7 nitrogen and oxygen atoms in total. The molecule has 2 saturated heterocycles. The zero-order valence-corrected chi connectivity index (χ0v) is 17.0. The van der Waals surface area contributed by atoms with Crippen LogP contribution in [0, 0.1) is 0 Å². The van der Waals surface area contributed by atoms with Gasteiger partial charge in [0.2, 0.25) is 0 Å². The van der Waals surface area contributed by atoms with Crippen molar-refractivity contribution in [3.05, 3.63) is 51.7 Å². The molecule has 30 heavy (non-hydrogen) atoms. The minimum absolute atomic E-state index is 0.0946. The normalized spacial score (nSPS) is 25.1. The van der Waals surface area contributed by atoms with Crippen LogP contribution < -0.4 is 9.47 Å². The molecule has 2 atom stereocenters. The summed E-state index contributed by atoms with van der Waals surface area (Å²) in [6.07, 6.45) is 1.69. The molecule has 2 aromatic rings. The van der Waals surface area contributed by atoms with Crippen LogP contribution in [-0.4, -0.2) is 54.2 Å². The Labute approximate surface area is 177 Å². The Hall–Kier alpha value is -2.84. The lowest BCUT2D eigenvalue weighted by Gasteiger charge is -2.26. The van der Waals surface area contributed by atoms with Crippen molar-refractivity contribution in [3.8, 4) is 11.5 Å². The van der Waals surface area contributed by atoms with Gasteiger partial charge in [0.05, 0.1) is 17.7 Å². The molecule has 4 heterocycles. The summed E-state index contributed by atoms with van der Waals surface area (Å²) in [4.78, 5) is 28.3. The molecule has 5 rings (SSSR count). The average Bonchev–Trinajstić information content (AvgIpc) is 3.52. The highest BCUT2D eigenvalue weighted by Gasteiger charge is 2.47. The first-order chi connectivity index (χ1) is 14.6. The zero-order chi connectivity index (χ0) is 20.7. The number of ketones is 1. The SMILES string of the molecule is O=C1C(=O)N(CC2CCCO2)C(c2cccs2)/C1=C(\O)c1ccc2c(c1)OCCO2. The van der Waals surface area contributed by atoms with Crippen LogP contribution in [0.4, 0.5) is 0 Å². The number of aliphatic hydroxyl groups excluding tert-OH is 1. The average molecular weight is 427 g/mol. The molecule has 0 radical (unpaired) electrons. The monoisotopic (exact) mass is 427 g/mol. The first-order valence-corrected chi connectivity index (χ1v) is 10.8. The maximum atomic E-state index is 13.0. The van der Waals surface area contributed by atoms with Crippen LogP contribution in [0.1, 0.15) is 29.3 Å². The van der Waals surface area contributed by atoms with E-state index in [1.165, 1.54) is 16.2 Å². The number of carbonyl (C=O) groups excluding carboxylic acids is 2. The van der Waals surface area contributed by atoms with Gasteiger partial charge in [0.1, 0.15) is 19.0 Å². The first kappa shape index (κ1) is 19.1. The van der Waals surface area contributed by atoms with Gasteiger partial charge >= 0.3 is 0 Å². The van der Waals surface area contributed by atoms with Gasteiger partial charge in [-0.1, -0.05) is 6.07 Å². The minimum atomic E-state index is -0.682. The molecule has 0 aliphatic carbocycles. The van der Waals surface area contributed by atoms with Crippen LogP contribution in [0.3, 0.4) is 0 Å². The molecule has 2 unspecified atom stereocenters. The smallest absolute Gasteiger partial charge is 0.295 e. The molecule has 0 bridgehead atoms. The number of nitrogens with zero attached hydrogens (tertiary/aromatic N) is 1. The summed E-state index contributed by atoms with van der Waals surface area (Å²) >= 11 is 1.45. The molecule has 1 aromatic heterocycles. The summed E-state index contributed by atoms with van der Waals surface area (Å²) in [6.45, 7) is 1.86. The summed E-state index contributed by atoms with van der Waals surface area (Å²) < 4.78 is 16.8. The Morgan fingerprint density at radius 2 is 1.97 bits per heavy atom. The van der Waals surface area contributed by atoms with E-state index in [0.717, 1.165) is 17.7 Å². The topological polar surface area (TPSA) is 85.3 Å². The van der Waals surface area contributed by atoms with E-state index in [4.69, 9.17) is 14.2 Å². The van der Waals surface area contributed by atoms with Crippen molar-refractivity contribution >= 4 is 28.8 Å². The van der Waals surface area contributed by atoms with Crippen molar-refractivity contribution in [3.63, 3.8) is 0 Å². The molecule has 8 heteroatoms. The van der Waals surface area contributed by atoms with Crippen molar-refractivity contribution in [1.29, 1.82) is 0 Å². The third-order valence-electron chi connectivity index (χ3n) is 5.59. The van der Waals surface area contributed by atoms with E-state index < -0.39 is 17.7 Å². The molecule has 3 aliphatic rings. The lowest BCUT2D eigenvalue weighted by atomic mass is 9.99. The fourth-order valence-electron chi connectivity index (χ4n) is 4.16. The Kier molecular flexibility index (Phi) is 4.96. The fraction of sp³-hybridized carbons (Fsp3) is 0.364. The Balaban J connectivity index is 1.57. The second kappa shape index (κ2) is 7.77. The molecule has 1 amide bonds. The Morgan fingerprint density at radius 1 is 1.13 bits per heavy atom. The standard InChI is InChI=1S/C22H21NO6S/c24-20(13-5-6-15-16(11-13)29-9-8-28-15)18-19(17-4-2-10-30-17)23(22(26)21(18)25)12-14-3-1-7-27-14/h2,4-6,10-11,14,19,24H,1,3,7-9,12H2/b20-18+. The predicted molar refractivity (Wildman–Crippen MR) is 110 cm³/mol. The van der Waals surface area contributed by atoms with Gasteiger partial charge < -0.3 is 24.2 Å². The number of hydrogen-bond donors (Lipinski definition) is 1. The van der Waals surface area contributed by atoms with E-state index in [1.807, 2.05) is 17.5 Å². The second-order valence-corrected chi connectivity index (χ2v) is 8.44. The van der Waals surface area contributed by atoms with Crippen LogP contribution in [0.15, 0.2) is 41.3 Å². The minimum Gasteiger partial charge on any atom is -0.507 e. The number of thiophene rings is 1. The maximum Gasteiger partial charge on any atom is 0.295 e. The second-order valence-electron chi connectivity index (χ2n) is 7.46. The molecule has 0 saturated carbocycles. The number of aliphatic hydroxyl groups is 1. The lowest BCUT2D eigenvalue weighted by Crippen LogP contribution is -2.36. The van der Waals surface area contributed by atoms with Crippen molar-refractivity contribution in [1.82, 2.24) is 4.90 Å². The van der Waals surface area contributed by atoms with E-state index in [1.54, 1.807) is 18.2 Å². The van der Waals surface area contributed by atoms with Crippen molar-refractivity contribution < 1.29 is 28.9 Å². The van der Waals surface area contributed by atoms with E-state index in [9.17, 15) is 14.7 Å². The predicted octanol–water partition coefficient (Wildman–Crippen LogP) is 3.12. The highest BCUT2D eigenvalue weighted by atomic mass is 32.1. The summed E-state index contributed by atoms with van der Waals surface area (Å²) in [6, 6.07) is 8.12. The number of amides is 1. The van der Waals surface area contributed by atoms with E-state index in [-0.39, 0.29) is 17.4 Å². The number of hydrogen-bond acceptors (Lipinski definition) is 7. The van der Waals surface area contributed by atoms with Gasteiger partial charge in [0.15, 0.2) is 11.5 Å². The third-order valence-corrected chi connectivity index (χ3v) is 6.52. The van der Waals surface area contributed by atoms with Crippen molar-refractivity contribution in [2.45, 2.75) is 25.0 Å². The van der Waals surface area contributed by atoms with Gasteiger partial charge in [-0.15, -0.1) is 11.3 Å². The van der Waals surface area contributed by atoms with Gasteiger partial charge in [-0.2, -0.15) is 0 Å². The zero-order valence-electron chi connectivity index (χ0n) is 16.2. The van der Waals surface area contributed by atoms with Gasteiger partial charge in [0.25, 0.3) is 11.7 Å². The number of fused-ring (bicyclic) bond motifs is 1. The molecule has 2 fully saturated rings. The molecule has 156 valence electrons. The van der Waals surface area contributed by atoms with Crippen LogP contribution in [0.25, 0.3) is 5.76 Å². The maximum absolute atomic E-state index is 13.0. The molecular formula is C22H21NO6S. The Bertz CT molecular complexity index is 1010. The summed E-state index contributed by atoms with van der Waals surface area (Å²) in [5.41, 5.74) is 0.507. The molecular weight excluding hydrogens is 406 g/mol. The van der Waals surface area contributed by atoms with Gasteiger partial charge in [-0.3, -0.25) is 9.59 Å². The number of Topliss-reactive ketones (excluding diaryl/α,β-unsaturated/α-hetero) is 1. The molecule has 1 N–H and O–H groups in total. The van der Waals surface area contributed by atoms with Crippen LogP contribution in [0.2, 0.25) is 0 Å². The highest BCUT2D eigenvalue weighted by molar-refractivity contribution is 7.10.